The Morgan fingerprint density at radius 3 is 1.43 bits per heavy atom. The number of hydrogen-bond donors (Lipinski definition) is 0. The smallest absolute Gasteiger partial charge is 0.336 e. The van der Waals surface area contributed by atoms with Crippen LogP contribution in [0.1, 0.15) is 33.4 Å². The van der Waals surface area contributed by atoms with Crippen LogP contribution in [0, 0.1) is 13.8 Å². The molecule has 4 nitrogen and oxygen atoms in total. The zero-order valence-electron chi connectivity index (χ0n) is 20.4. The summed E-state index contributed by atoms with van der Waals surface area (Å²) in [5, 5.41) is 1.72. The molecule has 7 rings (SSSR count). The molecule has 6 aromatic rings. The van der Waals surface area contributed by atoms with Crippen LogP contribution < -0.4 is 11.3 Å². The fraction of sp³-hybridized carbons (Fsp3) is 0.0909. The van der Waals surface area contributed by atoms with E-state index in [0.29, 0.717) is 11.2 Å². The van der Waals surface area contributed by atoms with Gasteiger partial charge in [-0.2, -0.15) is 0 Å². The molecule has 2 heterocycles. The molecule has 37 heavy (non-hydrogen) atoms. The average molecular weight is 483 g/mol. The molecule has 0 aliphatic heterocycles. The van der Waals surface area contributed by atoms with Gasteiger partial charge >= 0.3 is 11.3 Å². The molecule has 4 aromatic carbocycles. The number of benzene rings is 4. The van der Waals surface area contributed by atoms with E-state index in [9.17, 15) is 9.59 Å². The first-order chi connectivity index (χ1) is 17.9. The van der Waals surface area contributed by atoms with Crippen LogP contribution in [0.3, 0.4) is 0 Å². The van der Waals surface area contributed by atoms with E-state index >= 15 is 0 Å². The maximum atomic E-state index is 11.9. The SMILES string of the molecule is Cc1ccc2c(c1)-c1cc(C)ccc1C2(c1ccc2oc(=O)ccc2c1)c1ccc2oc(=O)ccc2c1. The lowest BCUT2D eigenvalue weighted by atomic mass is 9.67. The number of rotatable bonds is 2. The van der Waals surface area contributed by atoms with E-state index in [-0.39, 0.29) is 11.3 Å². The number of fused-ring (bicyclic) bond motifs is 5. The van der Waals surface area contributed by atoms with Gasteiger partial charge in [-0.1, -0.05) is 59.7 Å². The summed E-state index contributed by atoms with van der Waals surface area (Å²) in [6.07, 6.45) is 0. The molecule has 0 saturated carbocycles. The normalized spacial score (nSPS) is 13.6. The Morgan fingerprint density at radius 2 is 0.973 bits per heavy atom. The quantitative estimate of drug-likeness (QED) is 0.252. The van der Waals surface area contributed by atoms with Gasteiger partial charge in [0.25, 0.3) is 0 Å². The molecular weight excluding hydrogens is 460 g/mol. The maximum Gasteiger partial charge on any atom is 0.336 e. The van der Waals surface area contributed by atoms with E-state index in [1.165, 1.54) is 45.5 Å². The van der Waals surface area contributed by atoms with Crippen LogP contribution >= 0.6 is 0 Å². The van der Waals surface area contributed by atoms with E-state index in [1.807, 2.05) is 24.3 Å². The zero-order valence-corrected chi connectivity index (χ0v) is 20.4. The summed E-state index contributed by atoms with van der Waals surface area (Å²) in [5.74, 6) is 0. The molecule has 1 aliphatic rings. The summed E-state index contributed by atoms with van der Waals surface area (Å²) < 4.78 is 10.9. The highest BCUT2D eigenvalue weighted by Gasteiger charge is 2.46. The summed E-state index contributed by atoms with van der Waals surface area (Å²) in [7, 11) is 0. The predicted molar refractivity (Wildman–Crippen MR) is 145 cm³/mol. The summed E-state index contributed by atoms with van der Waals surface area (Å²) in [6, 6.07) is 31.9. The average Bonchev–Trinajstić information content (AvgIpc) is 3.17. The van der Waals surface area contributed by atoms with E-state index in [2.05, 4.69) is 74.5 Å². The lowest BCUT2D eigenvalue weighted by molar-refractivity contribution is 0.560. The summed E-state index contributed by atoms with van der Waals surface area (Å²) >= 11 is 0. The van der Waals surface area contributed by atoms with Gasteiger partial charge in [0.05, 0.1) is 5.41 Å². The summed E-state index contributed by atoms with van der Waals surface area (Å²) in [6.45, 7) is 4.23. The Bertz CT molecular complexity index is 1860. The molecule has 0 fully saturated rings. The third-order valence-electron chi connectivity index (χ3n) is 7.55. The first kappa shape index (κ1) is 21.6. The lowest BCUT2D eigenvalue weighted by Gasteiger charge is -2.34. The molecule has 0 bridgehead atoms. The van der Waals surface area contributed by atoms with E-state index in [4.69, 9.17) is 8.83 Å². The minimum atomic E-state index is -0.624. The Balaban J connectivity index is 1.65. The van der Waals surface area contributed by atoms with Gasteiger partial charge in [0, 0.05) is 22.9 Å². The summed E-state index contributed by atoms with van der Waals surface area (Å²) in [5.41, 5.74) is 9.07. The largest absolute Gasteiger partial charge is 0.423 e. The van der Waals surface area contributed by atoms with Gasteiger partial charge in [0.2, 0.25) is 0 Å². The van der Waals surface area contributed by atoms with Crippen LogP contribution in [0.2, 0.25) is 0 Å². The second-order valence-corrected chi connectivity index (χ2v) is 9.86. The van der Waals surface area contributed by atoms with E-state index in [0.717, 1.165) is 21.9 Å². The zero-order chi connectivity index (χ0) is 25.3. The molecule has 0 atom stereocenters. The molecule has 178 valence electrons. The van der Waals surface area contributed by atoms with Crippen LogP contribution in [0.5, 0.6) is 0 Å². The van der Waals surface area contributed by atoms with Gasteiger partial charge in [0.15, 0.2) is 0 Å². The van der Waals surface area contributed by atoms with Crippen LogP contribution in [0.4, 0.5) is 0 Å². The number of hydrogen-bond acceptors (Lipinski definition) is 4. The molecule has 4 heteroatoms. The second kappa shape index (κ2) is 7.65. The van der Waals surface area contributed by atoms with Gasteiger partial charge in [-0.25, -0.2) is 9.59 Å². The Labute approximate surface area is 212 Å². The highest BCUT2D eigenvalue weighted by atomic mass is 16.4. The lowest BCUT2D eigenvalue weighted by Crippen LogP contribution is -2.28. The van der Waals surface area contributed by atoms with Gasteiger partial charge in [-0.3, -0.25) is 0 Å². The standard InChI is InChI=1S/C33H22O4/c1-19-3-9-27-25(15-19)26-16-20(2)4-10-28(26)33(27,23-7-11-29-21(17-23)5-13-31(34)36-29)24-8-12-30-22(18-24)6-14-32(35)37-30/h3-18H,1-2H3. The summed E-state index contributed by atoms with van der Waals surface area (Å²) in [4.78, 5) is 23.7. The molecular formula is C33H22O4. The minimum absolute atomic E-state index is 0.367. The number of aryl methyl sites for hydroxylation is 2. The van der Waals surface area contributed by atoms with Crippen molar-refractivity contribution in [3.05, 3.63) is 151 Å². The molecule has 1 aliphatic carbocycles. The van der Waals surface area contributed by atoms with Crippen molar-refractivity contribution in [2.45, 2.75) is 19.3 Å². The van der Waals surface area contributed by atoms with Crippen molar-refractivity contribution < 1.29 is 8.83 Å². The Morgan fingerprint density at radius 1 is 0.514 bits per heavy atom. The van der Waals surface area contributed by atoms with Crippen molar-refractivity contribution in [2.24, 2.45) is 0 Å². The first-order valence-corrected chi connectivity index (χ1v) is 12.2. The first-order valence-electron chi connectivity index (χ1n) is 12.2. The molecule has 0 radical (unpaired) electrons. The van der Waals surface area contributed by atoms with Crippen LogP contribution in [0.25, 0.3) is 33.1 Å². The maximum absolute atomic E-state index is 11.9. The van der Waals surface area contributed by atoms with Crippen LogP contribution in [-0.4, -0.2) is 0 Å². The third-order valence-corrected chi connectivity index (χ3v) is 7.55. The van der Waals surface area contributed by atoms with Crippen molar-refractivity contribution in [1.82, 2.24) is 0 Å². The van der Waals surface area contributed by atoms with Gasteiger partial charge in [-0.15, -0.1) is 0 Å². The van der Waals surface area contributed by atoms with Crippen molar-refractivity contribution >= 4 is 21.9 Å². The fourth-order valence-electron chi connectivity index (χ4n) is 5.96. The molecule has 0 spiro atoms. The molecule has 0 N–H and O–H groups in total. The van der Waals surface area contributed by atoms with Crippen molar-refractivity contribution in [1.29, 1.82) is 0 Å². The van der Waals surface area contributed by atoms with E-state index < -0.39 is 5.41 Å². The minimum Gasteiger partial charge on any atom is -0.423 e. The fourth-order valence-corrected chi connectivity index (χ4v) is 5.96. The Hall–Kier alpha value is -4.70. The monoisotopic (exact) mass is 482 g/mol. The molecule has 0 saturated heterocycles. The Kier molecular flexibility index (Phi) is 4.46. The van der Waals surface area contributed by atoms with Gasteiger partial charge in [0.1, 0.15) is 11.2 Å². The topological polar surface area (TPSA) is 60.4 Å². The molecule has 0 unspecified atom stereocenters. The van der Waals surface area contributed by atoms with Gasteiger partial charge in [-0.05, 0) is 83.6 Å². The van der Waals surface area contributed by atoms with Crippen LogP contribution in [0.15, 0.2) is 115 Å². The van der Waals surface area contributed by atoms with Crippen molar-refractivity contribution in [2.75, 3.05) is 0 Å². The molecule has 0 amide bonds. The van der Waals surface area contributed by atoms with Gasteiger partial charge < -0.3 is 8.83 Å². The second-order valence-electron chi connectivity index (χ2n) is 9.86. The highest BCUT2D eigenvalue weighted by molar-refractivity contribution is 5.90. The molecule has 2 aromatic heterocycles. The van der Waals surface area contributed by atoms with E-state index in [1.54, 1.807) is 0 Å². The predicted octanol–water partition coefficient (Wildman–Crippen LogP) is 6.88. The van der Waals surface area contributed by atoms with Crippen molar-refractivity contribution in [3.8, 4) is 11.1 Å². The van der Waals surface area contributed by atoms with Crippen LogP contribution in [-0.2, 0) is 5.41 Å². The van der Waals surface area contributed by atoms with Crippen molar-refractivity contribution in [3.63, 3.8) is 0 Å². The third kappa shape index (κ3) is 3.09. The highest BCUT2D eigenvalue weighted by Crippen LogP contribution is 2.56.